The van der Waals surface area contributed by atoms with Crippen LogP contribution in [0.5, 0.6) is 0 Å². The number of hydrogen-bond donors (Lipinski definition) is 2. The van der Waals surface area contributed by atoms with Gasteiger partial charge in [-0.3, -0.25) is 9.59 Å². The highest BCUT2D eigenvalue weighted by Crippen LogP contribution is 2.16. The van der Waals surface area contributed by atoms with Crippen LogP contribution < -0.4 is 10.6 Å². The molecular weight excluding hydrogens is 348 g/mol. The summed E-state index contributed by atoms with van der Waals surface area (Å²) in [6.07, 6.45) is 4.61. The van der Waals surface area contributed by atoms with Crippen LogP contribution in [0.25, 0.3) is 6.08 Å². The van der Waals surface area contributed by atoms with Gasteiger partial charge < -0.3 is 15.1 Å². The lowest BCUT2D eigenvalue weighted by Crippen LogP contribution is -2.35. The van der Waals surface area contributed by atoms with Crippen LogP contribution in [0.2, 0.25) is 0 Å². The number of carbonyl (C=O) groups is 2. The topological polar surface area (TPSA) is 71.3 Å². The Hall–Kier alpha value is -2.34. The van der Waals surface area contributed by atoms with Gasteiger partial charge >= 0.3 is 0 Å². The molecule has 6 heteroatoms. The lowest BCUT2D eigenvalue weighted by Gasteiger charge is -2.04. The molecule has 0 bridgehead atoms. The summed E-state index contributed by atoms with van der Waals surface area (Å²) in [6, 6.07) is 11.0. The quantitative estimate of drug-likeness (QED) is 0.775. The first-order valence-corrected chi connectivity index (χ1v) is 7.44. The molecule has 1 heterocycles. The fourth-order valence-corrected chi connectivity index (χ4v) is 2.08. The number of halogens is 1. The van der Waals surface area contributed by atoms with Crippen LogP contribution in [0.1, 0.15) is 11.3 Å². The number of hydrogen-bond acceptors (Lipinski definition) is 3. The molecule has 0 saturated carbocycles. The smallest absolute Gasteiger partial charge is 0.244 e. The first-order valence-electron chi connectivity index (χ1n) is 6.64. The second kappa shape index (κ2) is 8.19. The second-order valence-corrected chi connectivity index (χ2v) is 5.28. The van der Waals surface area contributed by atoms with Gasteiger partial charge in [0.2, 0.25) is 11.8 Å². The Kier molecular flexibility index (Phi) is 5.97. The Labute approximate surface area is 136 Å². The average Bonchev–Trinajstić information content (AvgIpc) is 3.03. The Bertz CT molecular complexity index is 666. The van der Waals surface area contributed by atoms with E-state index in [0.717, 1.165) is 10.0 Å². The van der Waals surface area contributed by atoms with Gasteiger partial charge in [0.05, 0.1) is 19.4 Å². The summed E-state index contributed by atoms with van der Waals surface area (Å²) in [5, 5.41) is 5.16. The van der Waals surface area contributed by atoms with E-state index in [9.17, 15) is 9.59 Å². The lowest BCUT2D eigenvalue weighted by molar-refractivity contribution is -0.124. The van der Waals surface area contributed by atoms with Gasteiger partial charge in [0.1, 0.15) is 5.76 Å². The summed E-state index contributed by atoms with van der Waals surface area (Å²) < 4.78 is 5.99. The molecule has 1 aromatic carbocycles. The van der Waals surface area contributed by atoms with Crippen molar-refractivity contribution in [2.45, 2.75) is 6.54 Å². The van der Waals surface area contributed by atoms with Crippen LogP contribution >= 0.6 is 15.9 Å². The van der Waals surface area contributed by atoms with Gasteiger partial charge in [-0.15, -0.1) is 0 Å². The minimum absolute atomic E-state index is 0.0835. The third-order valence-corrected chi connectivity index (χ3v) is 3.50. The van der Waals surface area contributed by atoms with Crippen molar-refractivity contribution in [3.8, 4) is 0 Å². The Morgan fingerprint density at radius 2 is 1.95 bits per heavy atom. The van der Waals surface area contributed by atoms with Crippen molar-refractivity contribution in [3.63, 3.8) is 0 Å². The molecule has 2 rings (SSSR count). The Morgan fingerprint density at radius 1 is 1.14 bits per heavy atom. The molecule has 0 saturated heterocycles. The molecule has 0 atom stereocenters. The van der Waals surface area contributed by atoms with Gasteiger partial charge in [-0.1, -0.05) is 34.1 Å². The first-order chi connectivity index (χ1) is 10.6. The summed E-state index contributed by atoms with van der Waals surface area (Å²) in [5.74, 6) is 0.0523. The van der Waals surface area contributed by atoms with E-state index >= 15 is 0 Å². The van der Waals surface area contributed by atoms with E-state index in [-0.39, 0.29) is 18.4 Å². The van der Waals surface area contributed by atoms with Crippen LogP contribution in [-0.4, -0.2) is 18.4 Å². The summed E-state index contributed by atoms with van der Waals surface area (Å²) in [7, 11) is 0. The second-order valence-electron chi connectivity index (χ2n) is 4.43. The average molecular weight is 363 g/mol. The van der Waals surface area contributed by atoms with E-state index in [2.05, 4.69) is 26.6 Å². The van der Waals surface area contributed by atoms with Crippen LogP contribution in [0.3, 0.4) is 0 Å². The van der Waals surface area contributed by atoms with E-state index in [1.54, 1.807) is 18.2 Å². The van der Waals surface area contributed by atoms with Gasteiger partial charge in [0.15, 0.2) is 0 Å². The highest BCUT2D eigenvalue weighted by atomic mass is 79.9. The third kappa shape index (κ3) is 5.21. The van der Waals surface area contributed by atoms with Gasteiger partial charge in [-0.2, -0.15) is 0 Å². The molecule has 2 aromatic rings. The largest absolute Gasteiger partial charge is 0.467 e. The molecule has 5 nitrogen and oxygen atoms in total. The number of carbonyl (C=O) groups excluding carboxylic acids is 2. The number of nitrogens with one attached hydrogen (secondary N) is 2. The molecule has 0 aliphatic heterocycles. The van der Waals surface area contributed by atoms with E-state index in [1.165, 1.54) is 12.3 Å². The van der Waals surface area contributed by atoms with E-state index < -0.39 is 0 Å². The van der Waals surface area contributed by atoms with E-state index in [4.69, 9.17) is 4.42 Å². The predicted molar refractivity (Wildman–Crippen MR) is 86.7 cm³/mol. The minimum atomic E-state index is -0.330. The highest BCUT2D eigenvalue weighted by molar-refractivity contribution is 9.10. The number of furan rings is 1. The molecule has 2 amide bonds. The normalized spacial score (nSPS) is 10.6. The lowest BCUT2D eigenvalue weighted by atomic mass is 10.2. The molecule has 22 heavy (non-hydrogen) atoms. The van der Waals surface area contributed by atoms with Crippen LogP contribution in [0, 0.1) is 0 Å². The zero-order chi connectivity index (χ0) is 15.8. The Balaban J connectivity index is 1.73. The Morgan fingerprint density at radius 3 is 2.68 bits per heavy atom. The molecule has 0 radical (unpaired) electrons. The molecule has 0 aliphatic rings. The van der Waals surface area contributed by atoms with Gasteiger partial charge in [0, 0.05) is 10.5 Å². The molecule has 2 N–H and O–H groups in total. The molecule has 0 fully saturated rings. The molecule has 1 aromatic heterocycles. The van der Waals surface area contributed by atoms with Crippen molar-refractivity contribution in [2.24, 2.45) is 0 Å². The van der Waals surface area contributed by atoms with Crippen molar-refractivity contribution in [3.05, 3.63) is 64.5 Å². The van der Waals surface area contributed by atoms with Crippen LogP contribution in [0.15, 0.2) is 57.6 Å². The number of benzene rings is 1. The molecule has 0 aliphatic carbocycles. The fourth-order valence-electron chi connectivity index (χ4n) is 1.66. The van der Waals surface area contributed by atoms with Gasteiger partial charge in [-0.25, -0.2) is 0 Å². The maximum Gasteiger partial charge on any atom is 0.244 e. The maximum absolute atomic E-state index is 11.7. The summed E-state index contributed by atoms with van der Waals surface area (Å²) in [4.78, 5) is 23.2. The van der Waals surface area contributed by atoms with Crippen molar-refractivity contribution in [2.75, 3.05) is 6.54 Å². The molecule has 0 spiro atoms. The van der Waals surface area contributed by atoms with Crippen molar-refractivity contribution in [1.29, 1.82) is 0 Å². The zero-order valence-electron chi connectivity index (χ0n) is 11.7. The number of amides is 2. The standard InChI is InChI=1S/C16H15BrN2O3/c17-14-6-2-1-4-12(14)7-8-15(20)19-11-16(21)18-10-13-5-3-9-22-13/h1-9H,10-11H2,(H,18,21)(H,19,20)/b8-7+. The van der Waals surface area contributed by atoms with Crippen LogP contribution in [0.4, 0.5) is 0 Å². The van der Waals surface area contributed by atoms with E-state index in [1.807, 2.05) is 24.3 Å². The van der Waals surface area contributed by atoms with E-state index in [0.29, 0.717) is 12.3 Å². The predicted octanol–water partition coefficient (Wildman–Crippen LogP) is 2.49. The zero-order valence-corrected chi connectivity index (χ0v) is 13.3. The molecule has 0 unspecified atom stereocenters. The summed E-state index contributed by atoms with van der Waals surface area (Å²) >= 11 is 3.39. The third-order valence-electron chi connectivity index (χ3n) is 2.78. The SMILES string of the molecule is O=C(/C=C/c1ccccc1Br)NCC(=O)NCc1ccco1. The highest BCUT2D eigenvalue weighted by Gasteiger charge is 2.04. The maximum atomic E-state index is 11.7. The fraction of sp³-hybridized carbons (Fsp3) is 0.125. The summed E-state index contributed by atoms with van der Waals surface area (Å²) in [6.45, 7) is 0.217. The number of rotatable bonds is 6. The molecular formula is C16H15BrN2O3. The van der Waals surface area contributed by atoms with Crippen LogP contribution in [-0.2, 0) is 16.1 Å². The minimum Gasteiger partial charge on any atom is -0.467 e. The monoisotopic (exact) mass is 362 g/mol. The van der Waals surface area contributed by atoms with Crippen molar-refractivity contribution in [1.82, 2.24) is 10.6 Å². The van der Waals surface area contributed by atoms with Gasteiger partial charge in [-0.05, 0) is 29.8 Å². The van der Waals surface area contributed by atoms with Gasteiger partial charge in [0.25, 0.3) is 0 Å². The van der Waals surface area contributed by atoms with Crippen molar-refractivity contribution >= 4 is 33.8 Å². The first kappa shape index (κ1) is 16.0. The molecule has 114 valence electrons. The summed E-state index contributed by atoms with van der Waals surface area (Å²) in [5.41, 5.74) is 0.889. The van der Waals surface area contributed by atoms with Crippen molar-refractivity contribution < 1.29 is 14.0 Å².